The quantitative estimate of drug-likeness (QED) is 0.832. The SMILES string of the molecule is CCc1nc(CN2CCCN(C(=O)[C@H](C)n3ccnc3)CC2)cs1. The second kappa shape index (κ2) is 7.90. The predicted octanol–water partition coefficient (Wildman–Crippen LogP) is 2.20. The van der Waals surface area contributed by atoms with Crippen molar-refractivity contribution in [3.8, 4) is 0 Å². The number of aryl methyl sites for hydroxylation is 1. The van der Waals surface area contributed by atoms with Crippen LogP contribution in [-0.4, -0.2) is 56.4 Å². The molecule has 0 aromatic carbocycles. The second-order valence-electron chi connectivity index (χ2n) is 6.23. The van der Waals surface area contributed by atoms with E-state index in [4.69, 9.17) is 0 Å². The molecule has 130 valence electrons. The average Bonchev–Trinajstić information content (AvgIpc) is 3.23. The van der Waals surface area contributed by atoms with Crippen LogP contribution < -0.4 is 0 Å². The number of carbonyl (C=O) groups is 1. The van der Waals surface area contributed by atoms with E-state index in [1.165, 1.54) is 5.01 Å². The largest absolute Gasteiger partial charge is 0.340 e. The van der Waals surface area contributed by atoms with Crippen molar-refractivity contribution in [2.75, 3.05) is 26.2 Å². The Kier molecular flexibility index (Phi) is 5.63. The maximum absolute atomic E-state index is 12.7. The van der Waals surface area contributed by atoms with E-state index in [-0.39, 0.29) is 11.9 Å². The average molecular weight is 347 g/mol. The number of hydrogen-bond donors (Lipinski definition) is 0. The highest BCUT2D eigenvalue weighted by Crippen LogP contribution is 2.16. The van der Waals surface area contributed by atoms with Crippen molar-refractivity contribution in [1.29, 1.82) is 0 Å². The summed E-state index contributed by atoms with van der Waals surface area (Å²) >= 11 is 1.74. The molecular formula is C17H25N5OS. The molecule has 0 saturated carbocycles. The highest BCUT2D eigenvalue weighted by Gasteiger charge is 2.24. The summed E-state index contributed by atoms with van der Waals surface area (Å²) in [5, 5.41) is 3.36. The zero-order valence-electron chi connectivity index (χ0n) is 14.4. The number of aromatic nitrogens is 3. The van der Waals surface area contributed by atoms with E-state index in [9.17, 15) is 4.79 Å². The summed E-state index contributed by atoms with van der Waals surface area (Å²) in [6.45, 7) is 8.49. The number of imidazole rings is 1. The van der Waals surface area contributed by atoms with Gasteiger partial charge in [0.1, 0.15) is 6.04 Å². The Balaban J connectivity index is 1.55. The molecule has 0 unspecified atom stereocenters. The summed E-state index contributed by atoms with van der Waals surface area (Å²) in [4.78, 5) is 25.8. The molecule has 7 heteroatoms. The number of amides is 1. The Morgan fingerprint density at radius 3 is 2.92 bits per heavy atom. The molecule has 1 saturated heterocycles. The van der Waals surface area contributed by atoms with Crippen molar-refractivity contribution >= 4 is 17.2 Å². The van der Waals surface area contributed by atoms with Crippen molar-refractivity contribution < 1.29 is 4.79 Å². The van der Waals surface area contributed by atoms with Crippen LogP contribution in [0.2, 0.25) is 0 Å². The fourth-order valence-corrected chi connectivity index (χ4v) is 3.79. The third-order valence-electron chi connectivity index (χ3n) is 4.52. The lowest BCUT2D eigenvalue weighted by Crippen LogP contribution is -2.38. The fraction of sp³-hybridized carbons (Fsp3) is 0.588. The molecule has 0 aliphatic carbocycles. The Bertz CT molecular complexity index is 654. The lowest BCUT2D eigenvalue weighted by molar-refractivity contribution is -0.134. The second-order valence-corrected chi connectivity index (χ2v) is 7.17. The van der Waals surface area contributed by atoms with Crippen molar-refractivity contribution in [3.05, 3.63) is 34.8 Å². The van der Waals surface area contributed by atoms with E-state index >= 15 is 0 Å². The van der Waals surface area contributed by atoms with Crippen LogP contribution in [0.25, 0.3) is 0 Å². The molecular weight excluding hydrogens is 322 g/mol. The number of carbonyl (C=O) groups excluding carboxylic acids is 1. The molecule has 0 radical (unpaired) electrons. The third-order valence-corrected chi connectivity index (χ3v) is 5.56. The summed E-state index contributed by atoms with van der Waals surface area (Å²) < 4.78 is 1.87. The number of rotatable bonds is 5. The molecule has 6 nitrogen and oxygen atoms in total. The molecule has 0 bridgehead atoms. The molecule has 3 heterocycles. The summed E-state index contributed by atoms with van der Waals surface area (Å²) in [5.74, 6) is 0.178. The first kappa shape index (κ1) is 17.1. The Morgan fingerprint density at radius 2 is 2.21 bits per heavy atom. The van der Waals surface area contributed by atoms with Gasteiger partial charge >= 0.3 is 0 Å². The minimum atomic E-state index is -0.190. The molecule has 3 rings (SSSR count). The summed E-state index contributed by atoms with van der Waals surface area (Å²) in [6, 6.07) is -0.190. The van der Waals surface area contributed by atoms with E-state index in [1.54, 1.807) is 23.9 Å². The molecule has 2 aromatic rings. The predicted molar refractivity (Wildman–Crippen MR) is 94.9 cm³/mol. The summed E-state index contributed by atoms with van der Waals surface area (Å²) in [5.41, 5.74) is 1.16. The summed E-state index contributed by atoms with van der Waals surface area (Å²) in [6.07, 6.45) is 7.28. The lowest BCUT2D eigenvalue weighted by Gasteiger charge is -2.25. The van der Waals surface area contributed by atoms with Gasteiger partial charge in [0.2, 0.25) is 5.91 Å². The number of nitrogens with zero attached hydrogens (tertiary/aromatic N) is 5. The van der Waals surface area contributed by atoms with Gasteiger partial charge in [0.05, 0.1) is 17.0 Å². The normalized spacial score (nSPS) is 17.7. The van der Waals surface area contributed by atoms with Crippen molar-refractivity contribution in [2.45, 2.75) is 39.3 Å². The molecule has 1 aliphatic heterocycles. The van der Waals surface area contributed by atoms with Gasteiger partial charge in [0, 0.05) is 50.5 Å². The third kappa shape index (κ3) is 4.02. The van der Waals surface area contributed by atoms with Crippen LogP contribution in [0.4, 0.5) is 0 Å². The van der Waals surface area contributed by atoms with Gasteiger partial charge in [0.25, 0.3) is 0 Å². The van der Waals surface area contributed by atoms with Gasteiger partial charge in [-0.25, -0.2) is 9.97 Å². The van der Waals surface area contributed by atoms with E-state index < -0.39 is 0 Å². The molecule has 1 fully saturated rings. The highest BCUT2D eigenvalue weighted by molar-refractivity contribution is 7.09. The topological polar surface area (TPSA) is 54.3 Å². The smallest absolute Gasteiger partial charge is 0.245 e. The molecule has 1 aliphatic rings. The van der Waals surface area contributed by atoms with Crippen LogP contribution in [-0.2, 0) is 17.8 Å². The molecule has 1 atom stereocenters. The zero-order chi connectivity index (χ0) is 16.9. The maximum atomic E-state index is 12.7. The Morgan fingerprint density at radius 1 is 1.33 bits per heavy atom. The highest BCUT2D eigenvalue weighted by atomic mass is 32.1. The van der Waals surface area contributed by atoms with Gasteiger partial charge in [-0.1, -0.05) is 6.92 Å². The van der Waals surface area contributed by atoms with Crippen LogP contribution in [0, 0.1) is 0 Å². The standard InChI is InChI=1S/C17H25N5OS/c1-3-16-19-15(12-24-16)11-20-6-4-7-21(10-9-20)17(23)14(2)22-8-5-18-13-22/h5,8,12-14H,3-4,6-7,9-11H2,1-2H3/t14-/m0/s1. The lowest BCUT2D eigenvalue weighted by atomic mass is 10.2. The van der Waals surface area contributed by atoms with Gasteiger partial charge in [-0.3, -0.25) is 9.69 Å². The molecule has 0 N–H and O–H groups in total. The zero-order valence-corrected chi connectivity index (χ0v) is 15.2. The van der Waals surface area contributed by atoms with E-state index in [0.29, 0.717) is 0 Å². The van der Waals surface area contributed by atoms with Gasteiger partial charge in [0.15, 0.2) is 0 Å². The van der Waals surface area contributed by atoms with E-state index in [2.05, 4.69) is 27.2 Å². The Labute approximate surface area is 147 Å². The van der Waals surface area contributed by atoms with Gasteiger partial charge in [-0.15, -0.1) is 11.3 Å². The monoisotopic (exact) mass is 347 g/mol. The van der Waals surface area contributed by atoms with Crippen molar-refractivity contribution in [3.63, 3.8) is 0 Å². The number of thiazole rings is 1. The van der Waals surface area contributed by atoms with Gasteiger partial charge in [-0.2, -0.15) is 0 Å². The van der Waals surface area contributed by atoms with Gasteiger partial charge in [-0.05, 0) is 19.8 Å². The van der Waals surface area contributed by atoms with Crippen LogP contribution in [0.1, 0.15) is 37.0 Å². The Hall–Kier alpha value is -1.73. The molecule has 1 amide bonds. The minimum absolute atomic E-state index is 0.178. The van der Waals surface area contributed by atoms with Crippen LogP contribution in [0.5, 0.6) is 0 Å². The molecule has 0 spiro atoms. The molecule has 24 heavy (non-hydrogen) atoms. The van der Waals surface area contributed by atoms with Crippen LogP contribution >= 0.6 is 11.3 Å². The fourth-order valence-electron chi connectivity index (χ4n) is 3.05. The van der Waals surface area contributed by atoms with Crippen molar-refractivity contribution in [1.82, 2.24) is 24.3 Å². The first-order chi connectivity index (χ1) is 11.7. The minimum Gasteiger partial charge on any atom is -0.340 e. The summed E-state index contributed by atoms with van der Waals surface area (Å²) in [7, 11) is 0. The van der Waals surface area contributed by atoms with Crippen LogP contribution in [0.3, 0.4) is 0 Å². The van der Waals surface area contributed by atoms with Gasteiger partial charge < -0.3 is 9.47 Å². The van der Waals surface area contributed by atoms with Crippen LogP contribution in [0.15, 0.2) is 24.1 Å². The number of hydrogen-bond acceptors (Lipinski definition) is 5. The maximum Gasteiger partial charge on any atom is 0.245 e. The first-order valence-corrected chi connectivity index (χ1v) is 9.47. The van der Waals surface area contributed by atoms with Crippen molar-refractivity contribution in [2.24, 2.45) is 0 Å². The van der Waals surface area contributed by atoms with E-state index in [0.717, 1.165) is 51.3 Å². The first-order valence-electron chi connectivity index (χ1n) is 8.59. The molecule has 2 aromatic heterocycles. The van der Waals surface area contributed by atoms with E-state index in [1.807, 2.05) is 22.6 Å².